The summed E-state index contributed by atoms with van der Waals surface area (Å²) in [6, 6.07) is -5.07. The molecule has 30 atom stereocenters. The molecular formula is C42H71N3O30. The molecule has 0 spiro atoms. The number of aliphatic hydroxyl groups excluding tert-OH is 16. The number of ether oxygens (including phenoxy) is 11. The first-order valence-electron chi connectivity index (χ1n) is 23.9. The van der Waals surface area contributed by atoms with Crippen LogP contribution in [0.4, 0.5) is 0 Å². The molecule has 1 unspecified atom stereocenters. The Hall–Kier alpha value is -2.67. The van der Waals surface area contributed by atoms with Gasteiger partial charge in [0.25, 0.3) is 0 Å². The molecule has 6 aliphatic heterocycles. The molecule has 434 valence electrons. The van der Waals surface area contributed by atoms with Crippen LogP contribution in [-0.2, 0) is 66.5 Å². The van der Waals surface area contributed by atoms with Crippen LogP contribution in [-0.4, -0.2) is 317 Å². The molecule has 19 N–H and O–H groups in total. The predicted octanol–water partition coefficient (Wildman–Crippen LogP) is -12.6. The third kappa shape index (κ3) is 13.7. The van der Waals surface area contributed by atoms with Gasteiger partial charge in [-0.2, -0.15) is 0 Å². The Bertz CT molecular complexity index is 1850. The molecule has 33 heteroatoms. The van der Waals surface area contributed by atoms with Crippen molar-refractivity contribution in [3.8, 4) is 0 Å². The molecule has 6 heterocycles. The molecule has 0 saturated carbocycles. The Kier molecular flexibility index (Phi) is 21.8. The SMILES string of the molecule is CC(=O)N[C@H]1[C@H](OC[C@H]2OC(O)[C@H](NC(C)=O)[C@@H](O[C@@H]3O[C@H](CO)[C@@H](O[C@@H]4O[C@H](CO)[C@H](O)[C@H](O)[C@H]4O[C@@H]4O[C@@H](C)[C@@H](O)[C@@H](O)[C@@H]4O)[C@H](O)[C@H]3NC(C)=O)[C@H]2O)O[C@H](CO)[C@@H](O[C@@H]2O[C@H](CO)[C@H](O)[C@H](O)[C@H]2O)[C@@H]1O. The summed E-state index contributed by atoms with van der Waals surface area (Å²) >= 11 is 0. The summed E-state index contributed by atoms with van der Waals surface area (Å²) in [7, 11) is 0. The number of rotatable bonds is 18. The number of aliphatic hydroxyl groups is 16. The van der Waals surface area contributed by atoms with Gasteiger partial charge in [0.2, 0.25) is 17.7 Å². The average molecular weight is 1100 g/mol. The normalized spacial score (nSPS) is 48.6. The fraction of sp³-hybridized carbons (Fsp3) is 0.929. The molecule has 33 nitrogen and oxygen atoms in total. The van der Waals surface area contributed by atoms with E-state index in [2.05, 4.69) is 16.0 Å². The molecule has 6 fully saturated rings. The zero-order chi connectivity index (χ0) is 55.5. The number of nitrogens with one attached hydrogen (secondary N) is 3. The van der Waals surface area contributed by atoms with Gasteiger partial charge < -0.3 is 150 Å². The van der Waals surface area contributed by atoms with Crippen LogP contribution in [0.3, 0.4) is 0 Å². The van der Waals surface area contributed by atoms with Crippen molar-refractivity contribution in [3.63, 3.8) is 0 Å². The van der Waals surface area contributed by atoms with Crippen LogP contribution in [0.5, 0.6) is 0 Å². The smallest absolute Gasteiger partial charge is 0.217 e. The highest BCUT2D eigenvalue weighted by atomic mass is 16.8. The molecule has 0 aromatic rings. The van der Waals surface area contributed by atoms with Gasteiger partial charge in [-0.05, 0) is 6.92 Å². The van der Waals surface area contributed by atoms with Crippen LogP contribution in [0.25, 0.3) is 0 Å². The second kappa shape index (κ2) is 26.5. The molecule has 6 rings (SSSR count). The molecule has 0 bridgehead atoms. The van der Waals surface area contributed by atoms with Gasteiger partial charge in [0, 0.05) is 20.8 Å². The monoisotopic (exact) mass is 1100 g/mol. The van der Waals surface area contributed by atoms with Gasteiger partial charge in [-0.15, -0.1) is 0 Å². The fourth-order valence-corrected chi connectivity index (χ4v) is 9.55. The Morgan fingerprint density at radius 3 is 1.29 bits per heavy atom. The molecule has 0 aromatic heterocycles. The van der Waals surface area contributed by atoms with Crippen molar-refractivity contribution >= 4 is 17.7 Å². The van der Waals surface area contributed by atoms with Crippen molar-refractivity contribution in [2.75, 3.05) is 33.0 Å². The van der Waals surface area contributed by atoms with E-state index in [4.69, 9.17) is 52.1 Å². The van der Waals surface area contributed by atoms with E-state index < -0.39 is 235 Å². The molecule has 0 aromatic carbocycles. The minimum Gasteiger partial charge on any atom is -0.394 e. The van der Waals surface area contributed by atoms with E-state index >= 15 is 0 Å². The van der Waals surface area contributed by atoms with Gasteiger partial charge in [0.05, 0.1) is 39.1 Å². The summed E-state index contributed by atoms with van der Waals surface area (Å²) in [5.74, 6) is -2.41. The van der Waals surface area contributed by atoms with E-state index in [-0.39, 0.29) is 0 Å². The van der Waals surface area contributed by atoms with Gasteiger partial charge >= 0.3 is 0 Å². The largest absolute Gasteiger partial charge is 0.394 e. The third-order valence-electron chi connectivity index (χ3n) is 13.6. The maximum atomic E-state index is 12.7. The lowest BCUT2D eigenvalue weighted by molar-refractivity contribution is -0.386. The predicted molar refractivity (Wildman–Crippen MR) is 233 cm³/mol. The lowest BCUT2D eigenvalue weighted by Gasteiger charge is -2.50. The van der Waals surface area contributed by atoms with Crippen LogP contribution in [0.15, 0.2) is 0 Å². The number of hydrogen-bond acceptors (Lipinski definition) is 30. The van der Waals surface area contributed by atoms with E-state index in [0.717, 1.165) is 20.8 Å². The van der Waals surface area contributed by atoms with E-state index in [9.17, 15) is 96.1 Å². The van der Waals surface area contributed by atoms with Crippen molar-refractivity contribution in [2.45, 2.75) is 212 Å². The van der Waals surface area contributed by atoms with Gasteiger partial charge in [-0.1, -0.05) is 0 Å². The zero-order valence-corrected chi connectivity index (χ0v) is 40.7. The first kappa shape index (κ1) is 61.5. The first-order chi connectivity index (χ1) is 35.4. The van der Waals surface area contributed by atoms with Crippen molar-refractivity contribution in [1.82, 2.24) is 16.0 Å². The average Bonchev–Trinajstić information content (AvgIpc) is 3.36. The van der Waals surface area contributed by atoms with Gasteiger partial charge in [-0.25, -0.2) is 0 Å². The lowest BCUT2D eigenvalue weighted by atomic mass is 9.93. The number of carbonyl (C=O) groups is 3. The highest BCUT2D eigenvalue weighted by Crippen LogP contribution is 2.36. The molecular weight excluding hydrogens is 1030 g/mol. The van der Waals surface area contributed by atoms with E-state index in [1.54, 1.807) is 0 Å². The second-order valence-electron chi connectivity index (χ2n) is 19.0. The number of hydrogen-bond donors (Lipinski definition) is 19. The van der Waals surface area contributed by atoms with Gasteiger partial charge in [0.15, 0.2) is 37.7 Å². The fourth-order valence-electron chi connectivity index (χ4n) is 9.55. The molecule has 75 heavy (non-hydrogen) atoms. The number of carbonyl (C=O) groups excluding carboxylic acids is 3. The summed E-state index contributed by atoms with van der Waals surface area (Å²) in [5, 5.41) is 179. The summed E-state index contributed by atoms with van der Waals surface area (Å²) in [6.45, 7) is -0.129. The zero-order valence-electron chi connectivity index (χ0n) is 40.7. The summed E-state index contributed by atoms with van der Waals surface area (Å²) in [4.78, 5) is 37.6. The minimum atomic E-state index is -2.07. The standard InChI is InChI=1S/C42H71N3O30/c1-10-22(53)28(59)31(62)40(66-10)75-36-30(61)24(55)15(6-47)69-42(36)73-34-17(8-49)71-39(20(27(34)58)44-12(3)51)74-35-21(45-13(4)52)37(64)67-18(25(35)56)9-65-38-19(43-11(2)50)26(57)33(16(7-48)70-38)72-41-32(63)29(60)23(54)14(5-46)68-41/h10,14-42,46-49,53-64H,5-9H2,1-4H3,(H,43,50)(H,44,51)(H,45,52)/t10-,14+,15+,16+,17+,18+,19+,20+,21+,22+,23-,24-,25-,26+,27+,28+,29-,30-,31-,32+,33+,34+,35+,36+,37?,38+,39-,40-,41-,42-/m0/s1. The topological polar surface area (TPSA) is 513 Å². The number of amides is 3. The van der Waals surface area contributed by atoms with E-state index in [1.165, 1.54) is 6.92 Å². The Morgan fingerprint density at radius 1 is 0.373 bits per heavy atom. The van der Waals surface area contributed by atoms with Crippen molar-refractivity contribution in [2.24, 2.45) is 0 Å². The van der Waals surface area contributed by atoms with E-state index in [1.807, 2.05) is 0 Å². The third-order valence-corrected chi connectivity index (χ3v) is 13.6. The van der Waals surface area contributed by atoms with Crippen LogP contribution in [0.1, 0.15) is 27.7 Å². The second-order valence-corrected chi connectivity index (χ2v) is 19.0. The van der Waals surface area contributed by atoms with Crippen LogP contribution in [0, 0.1) is 0 Å². The molecule has 6 saturated heterocycles. The van der Waals surface area contributed by atoms with Crippen molar-refractivity contribution in [3.05, 3.63) is 0 Å². The Labute approximate surface area is 426 Å². The quantitative estimate of drug-likeness (QED) is 0.0606. The van der Waals surface area contributed by atoms with Gasteiger partial charge in [0.1, 0.15) is 140 Å². The summed E-state index contributed by atoms with van der Waals surface area (Å²) in [6.07, 6.45) is -48.7. The van der Waals surface area contributed by atoms with Crippen LogP contribution < -0.4 is 16.0 Å². The van der Waals surface area contributed by atoms with E-state index in [0.29, 0.717) is 0 Å². The van der Waals surface area contributed by atoms with Crippen LogP contribution >= 0.6 is 0 Å². The van der Waals surface area contributed by atoms with Crippen molar-refractivity contribution in [1.29, 1.82) is 0 Å². The highest BCUT2D eigenvalue weighted by Gasteiger charge is 2.57. The molecule has 6 aliphatic rings. The highest BCUT2D eigenvalue weighted by molar-refractivity contribution is 5.74. The Balaban J connectivity index is 1.22. The maximum absolute atomic E-state index is 12.7. The lowest BCUT2D eigenvalue weighted by Crippen LogP contribution is -2.71. The van der Waals surface area contributed by atoms with Gasteiger partial charge in [-0.3, -0.25) is 14.4 Å². The Morgan fingerprint density at radius 2 is 0.773 bits per heavy atom. The van der Waals surface area contributed by atoms with Crippen LogP contribution in [0.2, 0.25) is 0 Å². The molecule has 0 aliphatic carbocycles. The maximum Gasteiger partial charge on any atom is 0.217 e. The summed E-state index contributed by atoms with van der Waals surface area (Å²) < 4.78 is 63.5. The minimum absolute atomic E-state index is 0.769. The first-order valence-corrected chi connectivity index (χ1v) is 23.9. The van der Waals surface area contributed by atoms with Crippen molar-refractivity contribution < 1.29 is 148 Å². The molecule has 3 amide bonds. The molecule has 0 radical (unpaired) electrons. The summed E-state index contributed by atoms with van der Waals surface area (Å²) in [5.41, 5.74) is 0.